The summed E-state index contributed by atoms with van der Waals surface area (Å²) < 4.78 is 2.91. The van der Waals surface area contributed by atoms with Gasteiger partial charge in [-0.05, 0) is 30.4 Å². The Morgan fingerprint density at radius 2 is 1.71 bits per heavy atom. The van der Waals surface area contributed by atoms with Gasteiger partial charge in [0.25, 0.3) is 5.91 Å². The number of amides is 2. The van der Waals surface area contributed by atoms with Crippen molar-refractivity contribution in [1.29, 1.82) is 0 Å². The fourth-order valence-electron chi connectivity index (χ4n) is 5.28. The number of alkyl carbamates (subject to hydrolysis) is 1. The van der Waals surface area contributed by atoms with Gasteiger partial charge in [0.2, 0.25) is 9.58 Å². The van der Waals surface area contributed by atoms with Crippen LogP contribution in [0.1, 0.15) is 57.2 Å². The Morgan fingerprint density at radius 1 is 1.12 bits per heavy atom. The van der Waals surface area contributed by atoms with Crippen LogP contribution in [0.15, 0.2) is 23.0 Å². The highest BCUT2D eigenvalue weighted by Crippen LogP contribution is 2.53. The molecule has 1 aromatic rings. The van der Waals surface area contributed by atoms with Gasteiger partial charge in [-0.15, -0.1) is 0 Å². The van der Waals surface area contributed by atoms with Gasteiger partial charge < -0.3 is 41.9 Å². The number of carbonyl (C=O) groups is 4. The molecule has 12 nitrogen and oxygen atoms in total. The smallest absolute Gasteiger partial charge is 0.407 e. The van der Waals surface area contributed by atoms with Crippen LogP contribution in [0.5, 0.6) is 5.75 Å². The van der Waals surface area contributed by atoms with Gasteiger partial charge in [0.15, 0.2) is 11.4 Å². The molecule has 4 rings (SSSR count). The zero-order valence-electron chi connectivity index (χ0n) is 23.4. The maximum atomic E-state index is 13.5. The molecule has 3 aliphatic rings. The summed E-state index contributed by atoms with van der Waals surface area (Å²) in [5.41, 5.74) is 7.74. The first kappa shape index (κ1) is 35.0. The van der Waals surface area contributed by atoms with Gasteiger partial charge in [-0.2, -0.15) is 0 Å². The van der Waals surface area contributed by atoms with Crippen LogP contribution in [0.4, 0.5) is 10.5 Å². The van der Waals surface area contributed by atoms with Gasteiger partial charge in [-0.25, -0.2) is 4.79 Å². The van der Waals surface area contributed by atoms with Crippen LogP contribution >= 0.6 is 34.8 Å². The minimum absolute atomic E-state index is 0.0263. The summed E-state index contributed by atoms with van der Waals surface area (Å²) in [7, 11) is 0. The number of alkyl halides is 3. The Morgan fingerprint density at radius 3 is 2.26 bits per heavy atom. The van der Waals surface area contributed by atoms with Crippen LogP contribution in [0.3, 0.4) is 0 Å². The van der Waals surface area contributed by atoms with Gasteiger partial charge in [-0.3, -0.25) is 14.4 Å². The lowest BCUT2D eigenvalue weighted by Crippen LogP contribution is -2.58. The summed E-state index contributed by atoms with van der Waals surface area (Å²) in [6.07, 6.45) is -1.39. The van der Waals surface area contributed by atoms with Crippen molar-refractivity contribution in [3.8, 4) is 5.75 Å². The van der Waals surface area contributed by atoms with Crippen LogP contribution in [-0.4, -0.2) is 60.0 Å². The molecule has 232 valence electrons. The number of anilines is 1. The molecule has 0 radical (unpaired) electrons. The number of nitrogens with two attached hydrogens (primary N) is 2. The van der Waals surface area contributed by atoms with Gasteiger partial charge in [0.05, 0.1) is 5.56 Å². The zero-order chi connectivity index (χ0) is 32.3. The van der Waals surface area contributed by atoms with Crippen molar-refractivity contribution in [3.63, 3.8) is 0 Å². The number of nitrogen functional groups attached to an aromatic ring is 1. The summed E-state index contributed by atoms with van der Waals surface area (Å²) in [5.74, 6) is -7.47. The molecule has 1 unspecified atom stereocenters. The van der Waals surface area contributed by atoms with Crippen molar-refractivity contribution < 1.29 is 44.3 Å². The number of ketones is 2. The van der Waals surface area contributed by atoms with E-state index in [-0.39, 0.29) is 41.8 Å². The van der Waals surface area contributed by atoms with E-state index in [1.807, 2.05) is 27.7 Å². The minimum Gasteiger partial charge on any atom is -0.508 e. The lowest BCUT2D eigenvalue weighted by atomic mass is 9.59. The second-order valence-corrected chi connectivity index (χ2v) is 11.8. The van der Waals surface area contributed by atoms with E-state index >= 15 is 0 Å². The Labute approximate surface area is 257 Å². The van der Waals surface area contributed by atoms with Crippen molar-refractivity contribution in [1.82, 2.24) is 5.32 Å². The monoisotopic (exact) mass is 649 g/mol. The number of aromatic hydroxyl groups is 1. The summed E-state index contributed by atoms with van der Waals surface area (Å²) in [4.78, 5) is 49.5. The summed E-state index contributed by atoms with van der Waals surface area (Å²) >= 11 is 16.6. The number of hydrogen-bond donors (Lipinski definition) is 7. The topological polar surface area (TPSA) is 222 Å². The van der Waals surface area contributed by atoms with E-state index in [4.69, 9.17) is 51.0 Å². The number of hydrogen-bond acceptors (Lipinski definition) is 10. The Balaban J connectivity index is 0.00000148. The molecule has 1 aromatic carbocycles. The number of phenolic OH excluding ortho intramolecular Hbond substituents is 1. The molecule has 0 aliphatic heterocycles. The zero-order valence-corrected chi connectivity index (χ0v) is 25.7. The third kappa shape index (κ3) is 6.41. The number of primary amides is 1. The SMILES string of the molecule is CC.CC.NC(=O)C1=C(O)[C@@]2(O)C(=O)C3=C(O)c4c(O)c(CNC(=O)OCC(Cl)(Cl)Cl)cc(N)c4CC3C[C@H]2CC1=O. The van der Waals surface area contributed by atoms with Crippen LogP contribution < -0.4 is 16.8 Å². The number of benzene rings is 1. The van der Waals surface area contributed by atoms with Crippen molar-refractivity contribution in [3.05, 3.63) is 39.7 Å². The summed E-state index contributed by atoms with van der Waals surface area (Å²) in [5, 5.41) is 46.3. The maximum Gasteiger partial charge on any atom is 0.407 e. The molecule has 3 atom stereocenters. The predicted octanol–water partition coefficient (Wildman–Crippen LogP) is 3.65. The quantitative estimate of drug-likeness (QED) is 0.108. The average molecular weight is 651 g/mol. The van der Waals surface area contributed by atoms with E-state index in [0.717, 1.165) is 0 Å². The molecular formula is C27H34Cl3N3O9. The molecule has 42 heavy (non-hydrogen) atoms. The number of halogens is 3. The van der Waals surface area contributed by atoms with E-state index in [9.17, 15) is 39.6 Å². The van der Waals surface area contributed by atoms with Crippen molar-refractivity contribution in [2.45, 2.75) is 62.9 Å². The molecule has 1 fully saturated rings. The standard InChI is InChI=1S/C23H22Cl3N3O9.2C2H6/c24-22(25,26)6-38-21(36)29-5-8-3-11(27)10-2-7-1-9-4-12(30)15(20(28)35)19(34)23(9,37)18(33)13(7)17(32)14(10)16(8)31;2*1-2/h3,7,9,31-32,34,37H,1-2,4-6,27H2,(H2,28,35)(H,29,36);2*1-2H3/t7?,9-,23-;;/m0../s1. The first-order valence-electron chi connectivity index (χ1n) is 13.2. The molecule has 2 amide bonds. The molecule has 0 aromatic heterocycles. The van der Waals surface area contributed by atoms with E-state index in [2.05, 4.69) is 5.32 Å². The first-order valence-corrected chi connectivity index (χ1v) is 14.3. The number of fused-ring (bicyclic) bond motifs is 3. The number of nitrogens with one attached hydrogen (secondary N) is 1. The fourth-order valence-corrected chi connectivity index (χ4v) is 5.44. The van der Waals surface area contributed by atoms with Crippen LogP contribution in [0.2, 0.25) is 0 Å². The normalized spacial score (nSPS) is 22.9. The third-order valence-electron chi connectivity index (χ3n) is 6.97. The minimum atomic E-state index is -2.68. The maximum absolute atomic E-state index is 13.5. The molecule has 1 saturated carbocycles. The molecule has 0 bridgehead atoms. The highest BCUT2D eigenvalue weighted by atomic mass is 35.6. The number of aliphatic hydroxyl groups is 3. The molecule has 0 heterocycles. The Hall–Kier alpha value is -3.19. The van der Waals surface area contributed by atoms with Crippen LogP contribution in [0, 0.1) is 11.8 Å². The van der Waals surface area contributed by atoms with Gasteiger partial charge in [0.1, 0.15) is 29.4 Å². The molecule has 9 N–H and O–H groups in total. The number of Topliss-reactive ketones (excluding diaryl/α,β-unsaturated/α-hetero) is 2. The number of aliphatic hydroxyl groups excluding tert-OH is 2. The number of rotatable bonds is 4. The molecule has 15 heteroatoms. The van der Waals surface area contributed by atoms with Crippen molar-refractivity contribution >= 4 is 69.8 Å². The summed E-state index contributed by atoms with van der Waals surface area (Å²) in [6.45, 7) is 7.12. The average Bonchev–Trinajstić information content (AvgIpc) is 2.92. The lowest BCUT2D eigenvalue weighted by molar-refractivity contribution is -0.147. The second kappa shape index (κ2) is 13.4. The van der Waals surface area contributed by atoms with Gasteiger partial charge in [0, 0.05) is 35.7 Å². The van der Waals surface area contributed by atoms with E-state index < -0.39 is 80.7 Å². The van der Waals surface area contributed by atoms with Gasteiger partial charge >= 0.3 is 6.09 Å². The molecular weight excluding hydrogens is 617 g/mol. The van der Waals surface area contributed by atoms with E-state index in [0.29, 0.717) is 5.56 Å². The highest BCUT2D eigenvalue weighted by molar-refractivity contribution is 6.67. The largest absolute Gasteiger partial charge is 0.508 e. The van der Waals surface area contributed by atoms with Crippen molar-refractivity contribution in [2.24, 2.45) is 17.6 Å². The van der Waals surface area contributed by atoms with E-state index in [1.165, 1.54) is 6.07 Å². The molecule has 3 aliphatic carbocycles. The molecule has 0 spiro atoms. The number of carbonyl (C=O) groups excluding carboxylic acids is 4. The Bertz CT molecular complexity index is 1350. The first-order chi connectivity index (χ1) is 19.6. The highest BCUT2D eigenvalue weighted by Gasteiger charge is 2.60. The van der Waals surface area contributed by atoms with Crippen molar-refractivity contribution in [2.75, 3.05) is 12.3 Å². The summed E-state index contributed by atoms with van der Waals surface area (Å²) in [6, 6.07) is 1.36. The van der Waals surface area contributed by atoms with Gasteiger partial charge in [-0.1, -0.05) is 62.5 Å². The van der Waals surface area contributed by atoms with E-state index in [1.54, 1.807) is 0 Å². The number of ether oxygens (including phenoxy) is 1. The molecule has 0 saturated heterocycles. The van der Waals surface area contributed by atoms with Crippen LogP contribution in [-0.2, 0) is 32.1 Å². The number of phenols is 1. The third-order valence-corrected chi connectivity index (χ3v) is 7.29. The lowest BCUT2D eigenvalue weighted by Gasteiger charge is -2.46. The Kier molecular flexibility index (Phi) is 11.2. The second-order valence-electron chi connectivity index (χ2n) is 9.28. The predicted molar refractivity (Wildman–Crippen MR) is 157 cm³/mol. The van der Waals surface area contributed by atoms with Crippen LogP contribution in [0.25, 0.3) is 5.76 Å². The fraction of sp³-hybridized carbons (Fsp3) is 0.481.